The van der Waals surface area contributed by atoms with Crippen LogP contribution in [-0.2, 0) is 11.8 Å². The summed E-state index contributed by atoms with van der Waals surface area (Å²) in [6.45, 7) is 4.38. The molecule has 0 amide bonds. The summed E-state index contributed by atoms with van der Waals surface area (Å²) in [5.41, 5.74) is 10.4. The van der Waals surface area contributed by atoms with E-state index in [-0.39, 0.29) is 5.41 Å². The lowest BCUT2D eigenvalue weighted by Crippen LogP contribution is -2.32. The molecule has 0 saturated carbocycles. The van der Waals surface area contributed by atoms with Crippen molar-refractivity contribution >= 4 is 37.0 Å². The maximum Gasteiger partial charge on any atom is 0.0735 e. The van der Waals surface area contributed by atoms with Gasteiger partial charge in [-0.15, -0.1) is 25.3 Å². The van der Waals surface area contributed by atoms with Gasteiger partial charge < -0.3 is 0 Å². The Hall–Kier alpha value is -2.07. The van der Waals surface area contributed by atoms with E-state index in [1.807, 2.05) is 11.8 Å². The molecular weight excluding hydrogens is 433 g/mol. The monoisotopic (exact) mass is 454 g/mol. The van der Waals surface area contributed by atoms with Crippen LogP contribution >= 0.6 is 37.0 Å². The van der Waals surface area contributed by atoms with Gasteiger partial charge in [0.15, 0.2) is 0 Å². The number of benzene rings is 4. The molecule has 2 aliphatic rings. The number of aryl methyl sites for hydroxylation is 2. The topological polar surface area (TPSA) is 0 Å². The molecule has 31 heavy (non-hydrogen) atoms. The minimum Gasteiger partial charge on any atom is -0.143 e. The molecule has 0 radical (unpaired) electrons. The van der Waals surface area contributed by atoms with Gasteiger partial charge in [0.25, 0.3) is 0 Å². The number of rotatable bonds is 1. The second kappa shape index (κ2) is 6.96. The van der Waals surface area contributed by atoms with Crippen LogP contribution in [0.25, 0.3) is 11.1 Å². The molecule has 0 aromatic heterocycles. The summed E-state index contributed by atoms with van der Waals surface area (Å²) in [7, 11) is 0. The zero-order valence-electron chi connectivity index (χ0n) is 17.4. The summed E-state index contributed by atoms with van der Waals surface area (Å²) in [5, 5.41) is 0. The first-order valence-corrected chi connectivity index (χ1v) is 12.3. The van der Waals surface area contributed by atoms with Crippen molar-refractivity contribution in [1.29, 1.82) is 0 Å². The lowest BCUT2D eigenvalue weighted by molar-refractivity contribution is 0.713. The van der Waals surface area contributed by atoms with Gasteiger partial charge in [-0.05, 0) is 70.0 Å². The SMILES string of the molecule is CCc1cc2c(cc1S)Sc1cc(S)c(C)cc1C21c2ccccc2-c2ccccc21. The van der Waals surface area contributed by atoms with Gasteiger partial charge in [-0.1, -0.05) is 79.3 Å². The van der Waals surface area contributed by atoms with Gasteiger partial charge in [0.05, 0.1) is 5.41 Å². The highest BCUT2D eigenvalue weighted by molar-refractivity contribution is 7.99. The quantitative estimate of drug-likeness (QED) is 0.238. The normalized spacial score (nSPS) is 14.7. The molecule has 0 N–H and O–H groups in total. The molecule has 1 spiro atoms. The van der Waals surface area contributed by atoms with Crippen molar-refractivity contribution in [1.82, 2.24) is 0 Å². The first kappa shape index (κ1) is 19.6. The molecule has 0 unspecified atom stereocenters. The summed E-state index contributed by atoms with van der Waals surface area (Å²) in [6, 6.07) is 27.2. The molecule has 4 aromatic rings. The second-order valence-electron chi connectivity index (χ2n) is 8.41. The molecule has 152 valence electrons. The van der Waals surface area contributed by atoms with Crippen LogP contribution in [0.4, 0.5) is 0 Å². The van der Waals surface area contributed by atoms with Crippen molar-refractivity contribution in [2.75, 3.05) is 0 Å². The maximum absolute atomic E-state index is 4.83. The Bertz CT molecular complexity index is 1340. The fourth-order valence-electron chi connectivity index (χ4n) is 5.41. The van der Waals surface area contributed by atoms with E-state index in [1.54, 1.807) is 0 Å². The van der Waals surface area contributed by atoms with Crippen LogP contribution in [0.5, 0.6) is 0 Å². The van der Waals surface area contributed by atoms with Gasteiger partial charge in [-0.25, -0.2) is 0 Å². The molecular formula is C28H22S3. The summed E-state index contributed by atoms with van der Waals surface area (Å²) in [4.78, 5) is 4.69. The third-order valence-electron chi connectivity index (χ3n) is 6.84. The molecule has 1 heterocycles. The highest BCUT2D eigenvalue weighted by atomic mass is 32.2. The van der Waals surface area contributed by atoms with Crippen molar-refractivity contribution < 1.29 is 0 Å². The lowest BCUT2D eigenvalue weighted by Gasteiger charge is -2.40. The molecule has 4 aromatic carbocycles. The Kier molecular flexibility index (Phi) is 4.40. The van der Waals surface area contributed by atoms with E-state index in [4.69, 9.17) is 25.3 Å². The van der Waals surface area contributed by atoms with Crippen LogP contribution in [0.2, 0.25) is 0 Å². The van der Waals surface area contributed by atoms with Gasteiger partial charge in [-0.3, -0.25) is 0 Å². The van der Waals surface area contributed by atoms with Crippen LogP contribution in [0, 0.1) is 6.92 Å². The number of hydrogen-bond donors (Lipinski definition) is 2. The van der Waals surface area contributed by atoms with Crippen molar-refractivity contribution in [3.8, 4) is 11.1 Å². The van der Waals surface area contributed by atoms with Crippen molar-refractivity contribution in [3.63, 3.8) is 0 Å². The third kappa shape index (κ3) is 2.54. The highest BCUT2D eigenvalue weighted by Gasteiger charge is 2.50. The second-order valence-corrected chi connectivity index (χ2v) is 10.5. The smallest absolute Gasteiger partial charge is 0.0735 e. The molecule has 0 atom stereocenters. The molecule has 1 aliphatic carbocycles. The average molecular weight is 455 g/mol. The molecule has 3 heteroatoms. The van der Waals surface area contributed by atoms with Crippen LogP contribution in [-0.4, -0.2) is 0 Å². The summed E-state index contributed by atoms with van der Waals surface area (Å²) >= 11 is 11.5. The Morgan fingerprint density at radius 2 is 1.26 bits per heavy atom. The fourth-order valence-corrected chi connectivity index (χ4v) is 7.36. The minimum absolute atomic E-state index is 0.319. The Balaban J connectivity index is 1.84. The molecule has 0 fully saturated rings. The number of hydrogen-bond acceptors (Lipinski definition) is 3. The van der Waals surface area contributed by atoms with E-state index >= 15 is 0 Å². The van der Waals surface area contributed by atoms with E-state index < -0.39 is 0 Å². The zero-order valence-corrected chi connectivity index (χ0v) is 20.0. The standard InChI is InChI=1S/C28H22S3/c1-3-17-13-23-27(15-25(17)30)31-26-14-24(29)16(2)12-22(26)28(23)20-10-6-4-8-18(20)19-9-5-7-11-21(19)28/h4-15,29-30H,3H2,1-2H3. The van der Waals surface area contributed by atoms with Crippen LogP contribution in [0.3, 0.4) is 0 Å². The fraction of sp³-hybridized carbons (Fsp3) is 0.143. The summed E-state index contributed by atoms with van der Waals surface area (Å²) in [5.74, 6) is 0. The van der Waals surface area contributed by atoms with Crippen molar-refractivity contribution in [3.05, 3.63) is 106 Å². The van der Waals surface area contributed by atoms with Gasteiger partial charge in [0.2, 0.25) is 0 Å². The van der Waals surface area contributed by atoms with Crippen molar-refractivity contribution in [2.45, 2.75) is 45.3 Å². The Labute approximate surface area is 198 Å². The summed E-state index contributed by atoms with van der Waals surface area (Å²) < 4.78 is 0. The largest absolute Gasteiger partial charge is 0.143 e. The van der Waals surface area contributed by atoms with E-state index in [9.17, 15) is 0 Å². The van der Waals surface area contributed by atoms with Gasteiger partial charge in [0, 0.05) is 19.6 Å². The first-order chi connectivity index (χ1) is 15.1. The maximum atomic E-state index is 4.83. The zero-order chi connectivity index (χ0) is 21.3. The highest BCUT2D eigenvalue weighted by Crippen LogP contribution is 2.62. The van der Waals surface area contributed by atoms with Crippen molar-refractivity contribution in [2.24, 2.45) is 0 Å². The number of fused-ring (bicyclic) bond motifs is 9. The van der Waals surface area contributed by atoms with Crippen LogP contribution in [0.1, 0.15) is 40.3 Å². The van der Waals surface area contributed by atoms with E-state index in [0.717, 1.165) is 16.2 Å². The predicted molar refractivity (Wildman–Crippen MR) is 136 cm³/mol. The minimum atomic E-state index is -0.319. The van der Waals surface area contributed by atoms with Crippen LogP contribution < -0.4 is 0 Å². The first-order valence-electron chi connectivity index (χ1n) is 10.6. The molecule has 6 rings (SSSR count). The van der Waals surface area contributed by atoms with Gasteiger partial charge in [0.1, 0.15) is 0 Å². The third-order valence-corrected chi connectivity index (χ3v) is 8.85. The van der Waals surface area contributed by atoms with Gasteiger partial charge in [-0.2, -0.15) is 0 Å². The molecule has 0 nitrogen and oxygen atoms in total. The Morgan fingerprint density at radius 3 is 1.87 bits per heavy atom. The predicted octanol–water partition coefficient (Wildman–Crippen LogP) is 7.96. The van der Waals surface area contributed by atoms with Crippen LogP contribution in [0.15, 0.2) is 92.4 Å². The van der Waals surface area contributed by atoms with E-state index in [2.05, 4.69) is 86.6 Å². The average Bonchev–Trinajstić information content (AvgIpc) is 3.07. The van der Waals surface area contributed by atoms with Gasteiger partial charge >= 0.3 is 0 Å². The molecule has 0 bridgehead atoms. The molecule has 0 saturated heterocycles. The summed E-state index contributed by atoms with van der Waals surface area (Å²) in [6.07, 6.45) is 0.970. The van der Waals surface area contributed by atoms with E-state index in [1.165, 1.54) is 54.3 Å². The number of thiol groups is 2. The van der Waals surface area contributed by atoms with E-state index in [0.29, 0.717) is 0 Å². The molecule has 1 aliphatic heterocycles. The Morgan fingerprint density at radius 1 is 0.710 bits per heavy atom. The lowest BCUT2D eigenvalue weighted by atomic mass is 9.67.